The van der Waals surface area contributed by atoms with Crippen LogP contribution in [0.5, 0.6) is 0 Å². The van der Waals surface area contributed by atoms with Crippen LogP contribution in [0.15, 0.2) is 0 Å². The van der Waals surface area contributed by atoms with Gasteiger partial charge in [-0.1, -0.05) is 6.92 Å². The molecule has 0 saturated carbocycles. The van der Waals surface area contributed by atoms with Crippen LogP contribution in [-0.2, 0) is 0 Å². The SMILES string of the molecule is CC(Cl)B(Cl)Cl. The van der Waals surface area contributed by atoms with Crippen LogP contribution < -0.4 is 0 Å². The van der Waals surface area contributed by atoms with Gasteiger partial charge in [0.05, 0.1) is 0 Å². The third kappa shape index (κ3) is 3.14. The fraction of sp³-hybridized carbons (Fsp3) is 1.00. The van der Waals surface area contributed by atoms with Crippen molar-refractivity contribution in [1.82, 2.24) is 0 Å². The van der Waals surface area contributed by atoms with Crippen LogP contribution in [0.4, 0.5) is 0 Å². The molecule has 0 aromatic rings. The van der Waals surface area contributed by atoms with Crippen molar-refractivity contribution in [3.63, 3.8) is 0 Å². The predicted octanol–water partition coefficient (Wildman–Crippen LogP) is 2.12. The molecule has 36 valence electrons. The van der Waals surface area contributed by atoms with Gasteiger partial charge >= 0.3 is 5.54 Å². The number of hydrogen-bond donors (Lipinski definition) is 0. The Labute approximate surface area is 52.7 Å². The van der Waals surface area contributed by atoms with Crippen molar-refractivity contribution in [2.24, 2.45) is 0 Å². The summed E-state index contributed by atoms with van der Waals surface area (Å²) < 4.78 is 0. The standard InChI is InChI=1S/C2H4BCl3/c1-2(4)3(5)6/h2H,1H3. The Morgan fingerprint density at radius 1 is 1.50 bits per heavy atom. The maximum absolute atomic E-state index is 5.35. The number of halogens is 3. The maximum atomic E-state index is 5.35. The van der Waals surface area contributed by atoms with Crippen molar-refractivity contribution in [2.75, 3.05) is 0 Å². The van der Waals surface area contributed by atoms with Gasteiger partial charge in [-0.15, -0.1) is 11.6 Å². The molecule has 0 fully saturated rings. The van der Waals surface area contributed by atoms with E-state index >= 15 is 0 Å². The summed E-state index contributed by atoms with van der Waals surface area (Å²) in [6.07, 6.45) is 0. The molecule has 1 atom stereocenters. The highest BCUT2D eigenvalue weighted by atomic mass is 35.5. The van der Waals surface area contributed by atoms with Crippen molar-refractivity contribution in [3.8, 4) is 0 Å². The van der Waals surface area contributed by atoms with Gasteiger partial charge in [-0.25, -0.2) is 0 Å². The lowest BCUT2D eigenvalue weighted by Crippen LogP contribution is -2.06. The van der Waals surface area contributed by atoms with Crippen molar-refractivity contribution in [2.45, 2.75) is 12.2 Å². The molecule has 0 aromatic carbocycles. The molecule has 0 heterocycles. The monoisotopic (exact) mass is 144 g/mol. The molecule has 0 radical (unpaired) electrons. The molecule has 0 nitrogen and oxygen atoms in total. The molecule has 0 aliphatic carbocycles. The molecule has 0 aliphatic heterocycles. The summed E-state index contributed by atoms with van der Waals surface area (Å²) in [5.41, 5.74) is -0.438. The molecular weight excluding hydrogens is 141 g/mol. The molecular formula is C2H4BCl3. The van der Waals surface area contributed by atoms with E-state index in [2.05, 4.69) is 0 Å². The Balaban J connectivity index is 2.99. The Hall–Kier alpha value is 0.935. The van der Waals surface area contributed by atoms with Crippen LogP contribution in [0.25, 0.3) is 0 Å². The molecule has 6 heavy (non-hydrogen) atoms. The van der Waals surface area contributed by atoms with Crippen LogP contribution in [0.1, 0.15) is 6.92 Å². The zero-order valence-corrected chi connectivity index (χ0v) is 5.56. The molecule has 0 saturated heterocycles. The van der Waals surface area contributed by atoms with Crippen molar-refractivity contribution >= 4 is 40.1 Å². The Morgan fingerprint density at radius 3 is 1.67 bits per heavy atom. The average Bonchev–Trinajstić information content (AvgIpc) is 1.36. The molecule has 1 unspecified atom stereocenters. The van der Waals surface area contributed by atoms with E-state index in [0.717, 1.165) is 0 Å². The van der Waals surface area contributed by atoms with Crippen molar-refractivity contribution in [1.29, 1.82) is 0 Å². The Bertz CT molecular complexity index is 29.8. The molecule has 0 amide bonds. The number of rotatable bonds is 1. The smallest absolute Gasteiger partial charge is 0.170 e. The van der Waals surface area contributed by atoms with E-state index < -0.39 is 5.54 Å². The van der Waals surface area contributed by atoms with E-state index in [1.807, 2.05) is 0 Å². The Kier molecular flexibility index (Phi) is 3.47. The summed E-state index contributed by atoms with van der Waals surface area (Å²) in [7, 11) is 0. The van der Waals surface area contributed by atoms with E-state index in [9.17, 15) is 0 Å². The summed E-state index contributed by atoms with van der Waals surface area (Å²) in [6.45, 7) is 1.74. The van der Waals surface area contributed by atoms with Gasteiger partial charge in [-0.3, -0.25) is 0 Å². The van der Waals surface area contributed by atoms with Crippen LogP contribution >= 0.6 is 34.5 Å². The van der Waals surface area contributed by atoms with E-state index in [4.69, 9.17) is 34.5 Å². The summed E-state index contributed by atoms with van der Waals surface area (Å²) in [5, 5.41) is -0.145. The quantitative estimate of drug-likeness (QED) is 0.391. The highest BCUT2D eigenvalue weighted by Crippen LogP contribution is 2.06. The van der Waals surface area contributed by atoms with Gasteiger partial charge in [0.1, 0.15) is 0 Å². The summed E-state index contributed by atoms with van der Waals surface area (Å²) in [5.74, 6) is 0. The third-order valence-electron chi connectivity index (χ3n) is 0.347. The molecule has 0 bridgehead atoms. The van der Waals surface area contributed by atoms with Gasteiger partial charge in [-0.05, 0) is 0 Å². The minimum absolute atomic E-state index is 0.145. The van der Waals surface area contributed by atoms with Gasteiger partial charge in [-0.2, -0.15) is 22.9 Å². The van der Waals surface area contributed by atoms with E-state index in [-0.39, 0.29) is 5.28 Å². The second-order valence-electron chi connectivity index (χ2n) is 1.01. The Morgan fingerprint density at radius 2 is 1.67 bits per heavy atom. The highest BCUT2D eigenvalue weighted by molar-refractivity contribution is 7.35. The van der Waals surface area contributed by atoms with Gasteiger partial charge in [0.25, 0.3) is 0 Å². The second-order valence-corrected chi connectivity index (χ2v) is 2.86. The normalized spacial score (nSPS) is 14.0. The summed E-state index contributed by atoms with van der Waals surface area (Å²) >= 11 is 15.8. The van der Waals surface area contributed by atoms with Crippen LogP contribution in [0.2, 0.25) is 0 Å². The first-order valence-corrected chi connectivity index (χ1v) is 2.87. The number of alkyl halides is 1. The van der Waals surface area contributed by atoms with Gasteiger partial charge in [0.15, 0.2) is 0 Å². The lowest BCUT2D eigenvalue weighted by Gasteiger charge is -1.92. The lowest BCUT2D eigenvalue weighted by atomic mass is 10.0. The topological polar surface area (TPSA) is 0 Å². The van der Waals surface area contributed by atoms with Gasteiger partial charge in [0, 0.05) is 5.28 Å². The molecule has 0 aliphatic rings. The van der Waals surface area contributed by atoms with Crippen molar-refractivity contribution < 1.29 is 0 Å². The minimum atomic E-state index is -0.438. The zero-order valence-electron chi connectivity index (χ0n) is 3.29. The fourth-order valence-corrected chi connectivity index (χ4v) is 0. The molecule has 4 heteroatoms. The van der Waals surface area contributed by atoms with Crippen LogP contribution in [0, 0.1) is 0 Å². The first-order chi connectivity index (χ1) is 2.64. The van der Waals surface area contributed by atoms with Crippen molar-refractivity contribution in [3.05, 3.63) is 0 Å². The second kappa shape index (κ2) is 3.01. The van der Waals surface area contributed by atoms with E-state index in [1.54, 1.807) is 6.92 Å². The molecule has 0 N–H and O–H groups in total. The fourth-order valence-electron chi connectivity index (χ4n) is 0. The summed E-state index contributed by atoms with van der Waals surface area (Å²) in [4.78, 5) is 0. The zero-order chi connectivity index (χ0) is 5.15. The van der Waals surface area contributed by atoms with E-state index in [1.165, 1.54) is 0 Å². The lowest BCUT2D eigenvalue weighted by molar-refractivity contribution is 1.37. The largest absolute Gasteiger partial charge is 0.369 e. The first-order valence-electron chi connectivity index (χ1n) is 1.57. The average molecular weight is 145 g/mol. The van der Waals surface area contributed by atoms with Crippen LogP contribution in [-0.4, -0.2) is 10.8 Å². The predicted molar refractivity (Wildman–Crippen MR) is 32.8 cm³/mol. The third-order valence-corrected chi connectivity index (χ3v) is 1.61. The van der Waals surface area contributed by atoms with Gasteiger partial charge in [0.2, 0.25) is 0 Å². The highest BCUT2D eigenvalue weighted by Gasteiger charge is 2.11. The molecule has 0 rings (SSSR count). The maximum Gasteiger partial charge on any atom is 0.369 e. The van der Waals surface area contributed by atoms with Gasteiger partial charge < -0.3 is 0 Å². The van der Waals surface area contributed by atoms with Crippen LogP contribution in [0.3, 0.4) is 0 Å². The minimum Gasteiger partial charge on any atom is -0.170 e. The van der Waals surface area contributed by atoms with E-state index in [0.29, 0.717) is 0 Å². The molecule has 0 spiro atoms. The summed E-state index contributed by atoms with van der Waals surface area (Å²) in [6, 6.07) is 0. The molecule has 0 aromatic heterocycles. The number of hydrogen-bond acceptors (Lipinski definition) is 0. The first kappa shape index (κ1) is 6.93.